The molecule has 0 aliphatic heterocycles. The monoisotopic (exact) mass is 401 g/mol. The van der Waals surface area contributed by atoms with Crippen molar-refractivity contribution < 1.29 is 9.59 Å². The molecule has 9 heteroatoms. The minimum absolute atomic E-state index is 0.0566. The number of hydrogen-bond donors (Lipinski definition) is 3. The van der Waals surface area contributed by atoms with Crippen LogP contribution >= 0.6 is 0 Å². The molecule has 1 aromatic heterocycles. The molecular formula is C20H27N5O4. The quantitative estimate of drug-likeness (QED) is 0.611. The summed E-state index contributed by atoms with van der Waals surface area (Å²) in [5.74, 6) is -0.760. The normalized spacial score (nSPS) is 11.7. The minimum atomic E-state index is -0.730. The van der Waals surface area contributed by atoms with Gasteiger partial charge in [0.25, 0.3) is 5.56 Å². The van der Waals surface area contributed by atoms with Crippen LogP contribution in [-0.2, 0) is 16.1 Å². The zero-order valence-electron chi connectivity index (χ0n) is 16.9. The number of nitrogens with zero attached hydrogens (tertiary/aromatic N) is 2. The van der Waals surface area contributed by atoms with Crippen molar-refractivity contribution in [2.45, 2.75) is 45.7 Å². The second-order valence-corrected chi connectivity index (χ2v) is 6.82. The molecule has 29 heavy (non-hydrogen) atoms. The molecule has 0 fully saturated rings. The van der Waals surface area contributed by atoms with Gasteiger partial charge in [-0.25, -0.2) is 4.79 Å². The SMILES string of the molecule is CCCCn1c(N)c(N(C)C(=O)C[C@H](NC(C)=O)c2ccccc2)c(=O)[nH]c1=O. The standard InChI is InChI=1S/C20H27N5O4/c1-4-5-11-25-18(21)17(19(28)23-20(25)29)24(3)16(27)12-15(22-13(2)26)14-9-7-6-8-10-14/h6-10,15H,4-5,11-12,21H2,1-3H3,(H,22,26)(H,23,28,29)/t15-/m0/s1. The van der Waals surface area contributed by atoms with Crippen LogP contribution < -0.4 is 27.2 Å². The number of benzene rings is 1. The zero-order chi connectivity index (χ0) is 21.6. The summed E-state index contributed by atoms with van der Waals surface area (Å²) in [6, 6.07) is 8.51. The number of amides is 2. The lowest BCUT2D eigenvalue weighted by Gasteiger charge is -2.24. The van der Waals surface area contributed by atoms with Gasteiger partial charge < -0.3 is 16.0 Å². The Bertz CT molecular complexity index is 981. The molecule has 1 atom stereocenters. The summed E-state index contributed by atoms with van der Waals surface area (Å²) < 4.78 is 1.26. The Balaban J connectivity index is 2.34. The van der Waals surface area contributed by atoms with Gasteiger partial charge in [0.15, 0.2) is 5.69 Å². The highest BCUT2D eigenvalue weighted by Gasteiger charge is 2.24. The van der Waals surface area contributed by atoms with E-state index in [1.54, 1.807) is 12.1 Å². The summed E-state index contributed by atoms with van der Waals surface area (Å²) in [5, 5.41) is 2.75. The predicted octanol–water partition coefficient (Wildman–Crippen LogP) is 1.15. The van der Waals surface area contributed by atoms with E-state index in [4.69, 9.17) is 5.73 Å². The molecule has 1 aromatic carbocycles. The summed E-state index contributed by atoms with van der Waals surface area (Å²) >= 11 is 0. The lowest BCUT2D eigenvalue weighted by atomic mass is 10.0. The van der Waals surface area contributed by atoms with Gasteiger partial charge in [-0.05, 0) is 12.0 Å². The number of nitrogen functional groups attached to an aromatic ring is 1. The van der Waals surface area contributed by atoms with E-state index >= 15 is 0 Å². The molecular weight excluding hydrogens is 374 g/mol. The summed E-state index contributed by atoms with van der Waals surface area (Å²) in [6.07, 6.45) is 1.46. The largest absolute Gasteiger partial charge is 0.383 e. The fourth-order valence-electron chi connectivity index (χ4n) is 3.06. The molecule has 0 saturated carbocycles. The Kier molecular flexibility index (Phi) is 7.35. The molecule has 2 amide bonds. The number of hydrogen-bond acceptors (Lipinski definition) is 5. The van der Waals surface area contributed by atoms with Gasteiger partial charge >= 0.3 is 5.69 Å². The number of aromatic nitrogens is 2. The fraction of sp³-hybridized carbons (Fsp3) is 0.400. The number of nitrogens with two attached hydrogens (primary N) is 1. The van der Waals surface area contributed by atoms with E-state index in [9.17, 15) is 19.2 Å². The van der Waals surface area contributed by atoms with E-state index in [2.05, 4.69) is 10.3 Å². The van der Waals surface area contributed by atoms with Crippen LogP contribution in [-0.4, -0.2) is 28.4 Å². The summed E-state index contributed by atoms with van der Waals surface area (Å²) in [7, 11) is 1.42. The van der Waals surface area contributed by atoms with Gasteiger partial charge in [-0.1, -0.05) is 43.7 Å². The summed E-state index contributed by atoms with van der Waals surface area (Å²) in [6.45, 7) is 3.68. The maximum absolute atomic E-state index is 12.9. The highest BCUT2D eigenvalue weighted by Crippen LogP contribution is 2.21. The highest BCUT2D eigenvalue weighted by molar-refractivity contribution is 5.95. The smallest absolute Gasteiger partial charge is 0.330 e. The van der Waals surface area contributed by atoms with Gasteiger partial charge in [-0.2, -0.15) is 0 Å². The minimum Gasteiger partial charge on any atom is -0.383 e. The average molecular weight is 401 g/mol. The van der Waals surface area contributed by atoms with Gasteiger partial charge in [0.05, 0.1) is 12.5 Å². The molecule has 2 rings (SSSR count). The van der Waals surface area contributed by atoms with Crippen LogP contribution in [0.5, 0.6) is 0 Å². The van der Waals surface area contributed by atoms with Crippen LogP contribution in [0, 0.1) is 0 Å². The van der Waals surface area contributed by atoms with Gasteiger partial charge in [0, 0.05) is 20.5 Å². The Labute approximate surface area is 168 Å². The zero-order valence-corrected chi connectivity index (χ0v) is 16.9. The maximum atomic E-state index is 12.9. The van der Waals surface area contributed by atoms with Crippen LogP contribution in [0.15, 0.2) is 39.9 Å². The highest BCUT2D eigenvalue weighted by atomic mass is 16.2. The van der Waals surface area contributed by atoms with Crippen molar-refractivity contribution in [2.24, 2.45) is 0 Å². The van der Waals surface area contributed by atoms with Gasteiger partial charge in [0.2, 0.25) is 11.8 Å². The molecule has 4 N–H and O–H groups in total. The average Bonchev–Trinajstić information content (AvgIpc) is 2.67. The molecule has 156 valence electrons. The first kappa shape index (κ1) is 21.9. The van der Waals surface area contributed by atoms with E-state index in [0.717, 1.165) is 16.9 Å². The number of aromatic amines is 1. The van der Waals surface area contributed by atoms with Crippen molar-refractivity contribution >= 4 is 23.3 Å². The first-order chi connectivity index (χ1) is 13.8. The number of carbonyl (C=O) groups is 2. The molecule has 0 spiro atoms. The fourth-order valence-corrected chi connectivity index (χ4v) is 3.06. The molecule has 0 bridgehead atoms. The second-order valence-electron chi connectivity index (χ2n) is 6.82. The molecule has 1 heterocycles. The molecule has 0 saturated heterocycles. The Morgan fingerprint density at radius 2 is 1.90 bits per heavy atom. The van der Waals surface area contributed by atoms with Crippen LogP contribution in [0.25, 0.3) is 0 Å². The topological polar surface area (TPSA) is 130 Å². The number of unbranched alkanes of at least 4 members (excludes halogenated alkanes) is 1. The number of anilines is 2. The van der Waals surface area contributed by atoms with Crippen LogP contribution in [0.2, 0.25) is 0 Å². The molecule has 0 aliphatic rings. The van der Waals surface area contributed by atoms with Crippen LogP contribution in [0.3, 0.4) is 0 Å². The second kappa shape index (κ2) is 9.72. The first-order valence-electron chi connectivity index (χ1n) is 9.47. The molecule has 0 aliphatic carbocycles. The third-order valence-corrected chi connectivity index (χ3v) is 4.62. The van der Waals surface area contributed by atoms with E-state index in [1.165, 1.54) is 18.5 Å². The predicted molar refractivity (Wildman–Crippen MR) is 112 cm³/mol. The van der Waals surface area contributed by atoms with Crippen molar-refractivity contribution in [3.63, 3.8) is 0 Å². The van der Waals surface area contributed by atoms with Crippen molar-refractivity contribution in [2.75, 3.05) is 17.7 Å². The molecule has 0 unspecified atom stereocenters. The van der Waals surface area contributed by atoms with Gasteiger partial charge in [-0.15, -0.1) is 0 Å². The number of rotatable bonds is 8. The summed E-state index contributed by atoms with van der Waals surface area (Å²) in [4.78, 5) is 52.3. The van der Waals surface area contributed by atoms with Crippen LogP contribution in [0.1, 0.15) is 44.7 Å². The molecule has 9 nitrogen and oxygen atoms in total. The lowest BCUT2D eigenvalue weighted by molar-refractivity contribution is -0.121. The van der Waals surface area contributed by atoms with E-state index < -0.39 is 23.2 Å². The third-order valence-electron chi connectivity index (χ3n) is 4.62. The lowest BCUT2D eigenvalue weighted by Crippen LogP contribution is -2.40. The van der Waals surface area contributed by atoms with Crippen molar-refractivity contribution in [3.05, 3.63) is 56.7 Å². The first-order valence-corrected chi connectivity index (χ1v) is 9.47. The van der Waals surface area contributed by atoms with Crippen molar-refractivity contribution in [1.29, 1.82) is 0 Å². The summed E-state index contributed by atoms with van der Waals surface area (Å²) in [5.41, 5.74) is 5.41. The Hall–Kier alpha value is -3.36. The van der Waals surface area contributed by atoms with Gasteiger partial charge in [-0.3, -0.25) is 23.9 Å². The van der Waals surface area contributed by atoms with E-state index in [-0.39, 0.29) is 23.8 Å². The number of H-pyrrole nitrogens is 1. The maximum Gasteiger partial charge on any atom is 0.330 e. The number of nitrogens with one attached hydrogen (secondary N) is 2. The third kappa shape index (κ3) is 5.34. The Morgan fingerprint density at radius 1 is 1.24 bits per heavy atom. The molecule has 2 aromatic rings. The van der Waals surface area contributed by atoms with E-state index in [0.29, 0.717) is 13.0 Å². The van der Waals surface area contributed by atoms with E-state index in [1.807, 2.05) is 25.1 Å². The number of carbonyl (C=O) groups excluding carboxylic acids is 2. The molecule has 0 radical (unpaired) electrons. The Morgan fingerprint density at radius 3 is 2.48 bits per heavy atom. The van der Waals surface area contributed by atoms with Gasteiger partial charge in [0.1, 0.15) is 5.82 Å². The van der Waals surface area contributed by atoms with Crippen LogP contribution in [0.4, 0.5) is 11.5 Å². The van der Waals surface area contributed by atoms with Crippen molar-refractivity contribution in [1.82, 2.24) is 14.9 Å². The van der Waals surface area contributed by atoms with Crippen molar-refractivity contribution in [3.8, 4) is 0 Å².